The highest BCUT2D eigenvalue weighted by Crippen LogP contribution is 2.32. The van der Waals surface area contributed by atoms with E-state index in [9.17, 15) is 19.5 Å². The molecule has 1 aromatic heterocycles. The summed E-state index contributed by atoms with van der Waals surface area (Å²) in [6.45, 7) is 7.71. The summed E-state index contributed by atoms with van der Waals surface area (Å²) < 4.78 is 8.27. The molecule has 1 saturated heterocycles. The minimum absolute atomic E-state index is 0.0346. The molecule has 2 amide bonds. The maximum absolute atomic E-state index is 13.3. The number of amides is 2. The maximum atomic E-state index is 13.3. The molecule has 1 N–H and O–H groups in total. The van der Waals surface area contributed by atoms with Gasteiger partial charge in [-0.2, -0.15) is 0 Å². The molecular weight excluding hydrogens is 518 g/mol. The van der Waals surface area contributed by atoms with Gasteiger partial charge in [0.1, 0.15) is 18.4 Å². The predicted molar refractivity (Wildman–Crippen MR) is 157 cm³/mol. The van der Waals surface area contributed by atoms with E-state index in [2.05, 4.69) is 4.57 Å². The monoisotopic (exact) mass is 553 g/mol. The number of aromatic nitrogens is 1. The van der Waals surface area contributed by atoms with Crippen LogP contribution in [0.25, 0.3) is 10.9 Å². The largest absolute Gasteiger partial charge is 0.489 e. The molecule has 1 aliphatic heterocycles. The van der Waals surface area contributed by atoms with Gasteiger partial charge in [-0.15, -0.1) is 0 Å². The average Bonchev–Trinajstić information content (AvgIpc) is 3.23. The second kappa shape index (κ2) is 11.9. The topological polar surface area (TPSA) is 92.1 Å². The van der Waals surface area contributed by atoms with E-state index in [0.717, 1.165) is 45.5 Å². The third-order valence-corrected chi connectivity index (χ3v) is 7.81. The van der Waals surface area contributed by atoms with Crippen molar-refractivity contribution in [3.8, 4) is 5.75 Å². The van der Waals surface area contributed by atoms with Crippen LogP contribution in [0, 0.1) is 6.92 Å². The first-order valence-electron chi connectivity index (χ1n) is 14.0. The summed E-state index contributed by atoms with van der Waals surface area (Å²) in [5, 5.41) is 10.3. The molecule has 1 unspecified atom stereocenters. The van der Waals surface area contributed by atoms with Gasteiger partial charge in [0.25, 0.3) is 0 Å². The highest BCUT2D eigenvalue weighted by molar-refractivity contribution is 5.95. The number of nitrogens with zero attached hydrogens (tertiary/aromatic N) is 3. The minimum Gasteiger partial charge on any atom is -0.489 e. The lowest BCUT2D eigenvalue weighted by molar-refractivity contribution is -0.155. The lowest BCUT2D eigenvalue weighted by Crippen LogP contribution is -2.58. The Morgan fingerprint density at radius 1 is 0.976 bits per heavy atom. The number of ether oxygens (including phenoxy) is 1. The van der Waals surface area contributed by atoms with E-state index in [1.807, 2.05) is 74.5 Å². The van der Waals surface area contributed by atoms with Gasteiger partial charge < -0.3 is 24.2 Å². The van der Waals surface area contributed by atoms with Gasteiger partial charge in [-0.05, 0) is 67.3 Å². The minimum atomic E-state index is -0.970. The zero-order chi connectivity index (χ0) is 29.1. The Bertz CT molecular complexity index is 1580. The van der Waals surface area contributed by atoms with Gasteiger partial charge in [0.05, 0.1) is 18.7 Å². The van der Waals surface area contributed by atoms with Crippen LogP contribution in [0.1, 0.15) is 53.0 Å². The van der Waals surface area contributed by atoms with Gasteiger partial charge in [-0.1, -0.05) is 49.4 Å². The van der Waals surface area contributed by atoms with Gasteiger partial charge in [0, 0.05) is 29.7 Å². The molecule has 0 saturated carbocycles. The van der Waals surface area contributed by atoms with Crippen molar-refractivity contribution in [2.45, 2.75) is 52.9 Å². The number of rotatable bonds is 10. The smallest absolute Gasteiger partial charge is 0.335 e. The number of piperazine rings is 1. The molecule has 8 nitrogen and oxygen atoms in total. The number of fused-ring (bicyclic) bond motifs is 1. The lowest BCUT2D eigenvalue weighted by atomic mass is 10.1. The molecule has 8 heteroatoms. The molecule has 1 atom stereocenters. The number of carbonyl (C=O) groups is 3. The Morgan fingerprint density at radius 3 is 2.39 bits per heavy atom. The van der Waals surface area contributed by atoms with E-state index in [-0.39, 0.29) is 23.9 Å². The third kappa shape index (κ3) is 5.82. The van der Waals surface area contributed by atoms with Crippen molar-refractivity contribution < 1.29 is 24.2 Å². The SMILES string of the molecule is CCCN1CC(=O)N(Cc2c(C)c3cc(OCc4ccccc4)ccc3n2Cc2ccc(C(=O)O)cc2)C(C)C1=O. The molecule has 41 heavy (non-hydrogen) atoms. The number of benzene rings is 3. The van der Waals surface area contributed by atoms with Crippen molar-refractivity contribution in [3.05, 3.63) is 101 Å². The van der Waals surface area contributed by atoms with Crippen molar-refractivity contribution in [2.75, 3.05) is 13.1 Å². The number of aryl methyl sites for hydroxylation is 1. The highest BCUT2D eigenvalue weighted by atomic mass is 16.5. The second-order valence-corrected chi connectivity index (χ2v) is 10.6. The standard InChI is InChI=1S/C33H35N3O5/c1-4-16-34-20-31(37)35(23(3)32(34)38)19-30-22(2)28-17-27(41-21-25-8-6-5-7-9-25)14-15-29(28)36(30)18-24-10-12-26(13-11-24)33(39)40/h5-15,17,23H,4,16,18-21H2,1-3H3,(H,39,40). The van der Waals surface area contributed by atoms with Gasteiger partial charge in [0.15, 0.2) is 0 Å². The number of carboxylic acid groups (broad SMARTS) is 1. The number of hydrogen-bond donors (Lipinski definition) is 1. The van der Waals surface area contributed by atoms with Crippen molar-refractivity contribution >= 4 is 28.7 Å². The van der Waals surface area contributed by atoms with Gasteiger partial charge >= 0.3 is 5.97 Å². The van der Waals surface area contributed by atoms with E-state index < -0.39 is 12.0 Å². The molecule has 0 aliphatic carbocycles. The molecular formula is C33H35N3O5. The normalized spacial score (nSPS) is 15.5. The third-order valence-electron chi connectivity index (χ3n) is 7.81. The maximum Gasteiger partial charge on any atom is 0.335 e. The molecule has 2 heterocycles. The molecule has 0 radical (unpaired) electrons. The van der Waals surface area contributed by atoms with Crippen LogP contribution in [0.15, 0.2) is 72.8 Å². The first kappa shape index (κ1) is 28.0. The molecule has 212 valence electrons. The molecule has 4 aromatic rings. The summed E-state index contributed by atoms with van der Waals surface area (Å²) in [5.41, 5.74) is 5.15. The zero-order valence-corrected chi connectivity index (χ0v) is 23.7. The number of hydrogen-bond acceptors (Lipinski definition) is 4. The summed E-state index contributed by atoms with van der Waals surface area (Å²) in [7, 11) is 0. The van der Waals surface area contributed by atoms with Crippen LogP contribution >= 0.6 is 0 Å². The fourth-order valence-corrected chi connectivity index (χ4v) is 5.50. The van der Waals surface area contributed by atoms with E-state index in [0.29, 0.717) is 26.2 Å². The zero-order valence-electron chi connectivity index (χ0n) is 23.7. The van der Waals surface area contributed by atoms with E-state index >= 15 is 0 Å². The molecule has 5 rings (SSSR count). The fourth-order valence-electron chi connectivity index (χ4n) is 5.50. The Morgan fingerprint density at radius 2 is 1.71 bits per heavy atom. The average molecular weight is 554 g/mol. The molecule has 1 aliphatic rings. The van der Waals surface area contributed by atoms with Crippen LogP contribution in [0.4, 0.5) is 0 Å². The van der Waals surface area contributed by atoms with E-state index in [1.165, 1.54) is 0 Å². The van der Waals surface area contributed by atoms with Crippen molar-refractivity contribution in [1.82, 2.24) is 14.4 Å². The van der Waals surface area contributed by atoms with Gasteiger partial charge in [0.2, 0.25) is 11.8 Å². The molecule has 3 aromatic carbocycles. The Kier molecular flexibility index (Phi) is 8.10. The lowest BCUT2D eigenvalue weighted by Gasteiger charge is -2.39. The first-order valence-corrected chi connectivity index (χ1v) is 14.0. The van der Waals surface area contributed by atoms with Crippen molar-refractivity contribution in [3.63, 3.8) is 0 Å². The number of aromatic carboxylic acids is 1. The summed E-state index contributed by atoms with van der Waals surface area (Å²) in [6.07, 6.45) is 0.800. The van der Waals surface area contributed by atoms with Crippen LogP contribution < -0.4 is 4.74 Å². The van der Waals surface area contributed by atoms with Gasteiger partial charge in [-0.3, -0.25) is 9.59 Å². The summed E-state index contributed by atoms with van der Waals surface area (Å²) in [5.74, 6) is -0.333. The van der Waals surface area contributed by atoms with E-state index in [1.54, 1.807) is 28.9 Å². The van der Waals surface area contributed by atoms with Crippen LogP contribution in [-0.2, 0) is 29.3 Å². The van der Waals surface area contributed by atoms with Crippen LogP contribution in [0.3, 0.4) is 0 Å². The van der Waals surface area contributed by atoms with Crippen molar-refractivity contribution in [1.29, 1.82) is 0 Å². The Labute approximate surface area is 239 Å². The van der Waals surface area contributed by atoms with Crippen LogP contribution in [0.5, 0.6) is 5.75 Å². The van der Waals surface area contributed by atoms with Crippen LogP contribution in [-0.4, -0.2) is 56.4 Å². The second-order valence-electron chi connectivity index (χ2n) is 10.6. The van der Waals surface area contributed by atoms with Crippen molar-refractivity contribution in [2.24, 2.45) is 0 Å². The molecule has 0 spiro atoms. The predicted octanol–water partition coefficient (Wildman–Crippen LogP) is 5.24. The van der Waals surface area contributed by atoms with Crippen LogP contribution in [0.2, 0.25) is 0 Å². The first-order chi connectivity index (χ1) is 19.8. The molecule has 1 fully saturated rings. The Hall–Kier alpha value is -4.59. The highest BCUT2D eigenvalue weighted by Gasteiger charge is 2.37. The summed E-state index contributed by atoms with van der Waals surface area (Å²) >= 11 is 0. The molecule has 0 bridgehead atoms. The number of carbonyl (C=O) groups excluding carboxylic acids is 2. The summed E-state index contributed by atoms with van der Waals surface area (Å²) in [6, 6.07) is 22.2. The summed E-state index contributed by atoms with van der Waals surface area (Å²) in [4.78, 5) is 41.0. The van der Waals surface area contributed by atoms with Gasteiger partial charge in [-0.25, -0.2) is 4.79 Å². The quantitative estimate of drug-likeness (QED) is 0.290. The number of carboxylic acids is 1. The fraction of sp³-hybridized carbons (Fsp3) is 0.303. The van der Waals surface area contributed by atoms with E-state index in [4.69, 9.17) is 4.74 Å². The Balaban J connectivity index is 1.51.